The molecule has 1 atom stereocenters. The van der Waals surface area contributed by atoms with E-state index < -0.39 is 34.9 Å². The molecule has 4 rings (SSSR count). The van der Waals surface area contributed by atoms with E-state index in [9.17, 15) is 22.0 Å². The zero-order valence-electron chi connectivity index (χ0n) is 20.3. The fourth-order valence-electron chi connectivity index (χ4n) is 4.46. The van der Waals surface area contributed by atoms with Gasteiger partial charge in [-0.25, -0.2) is 13.2 Å². The summed E-state index contributed by atoms with van der Waals surface area (Å²) in [6.45, 7) is 6.00. The van der Waals surface area contributed by atoms with Gasteiger partial charge in [0, 0.05) is 29.0 Å². The topological polar surface area (TPSA) is 27.7 Å². The summed E-state index contributed by atoms with van der Waals surface area (Å²) in [5.41, 5.74) is -0.0828. The van der Waals surface area contributed by atoms with Crippen LogP contribution < -0.4 is 4.74 Å². The van der Waals surface area contributed by atoms with E-state index in [1.807, 2.05) is 18.2 Å². The molecule has 0 radical (unpaired) electrons. The molecule has 8 heteroatoms. The molecule has 0 bridgehead atoms. The minimum absolute atomic E-state index is 0.126. The highest BCUT2D eigenvalue weighted by atomic mass is 19.3. The average Bonchev–Trinajstić information content (AvgIpc) is 2.81. The Bertz CT molecular complexity index is 1130. The Hall–Kier alpha value is -2.71. The lowest BCUT2D eigenvalue weighted by atomic mass is 9.82. The summed E-state index contributed by atoms with van der Waals surface area (Å²) >= 11 is 0. The Kier molecular flexibility index (Phi) is 7.85. The number of alkyl halides is 2. The highest BCUT2D eigenvalue weighted by Crippen LogP contribution is 2.36. The van der Waals surface area contributed by atoms with Gasteiger partial charge in [-0.3, -0.25) is 0 Å². The van der Waals surface area contributed by atoms with Crippen LogP contribution in [0.5, 0.6) is 5.75 Å². The van der Waals surface area contributed by atoms with Crippen molar-refractivity contribution < 1.29 is 36.2 Å². The van der Waals surface area contributed by atoms with Gasteiger partial charge < -0.3 is 14.2 Å². The maximum Gasteiger partial charge on any atom is 0.429 e. The summed E-state index contributed by atoms with van der Waals surface area (Å²) in [6, 6.07) is 4.56. The van der Waals surface area contributed by atoms with Crippen LogP contribution in [0.2, 0.25) is 0 Å². The Morgan fingerprint density at radius 1 is 1.06 bits per heavy atom. The number of hydrogen-bond donors (Lipinski definition) is 0. The number of allylic oxidation sites excluding steroid dienone is 3. The number of benzene rings is 2. The van der Waals surface area contributed by atoms with Crippen LogP contribution >= 0.6 is 0 Å². The Labute approximate surface area is 207 Å². The van der Waals surface area contributed by atoms with E-state index in [2.05, 4.69) is 11.7 Å². The van der Waals surface area contributed by atoms with Crippen LogP contribution in [-0.4, -0.2) is 26.4 Å². The molecule has 0 N–H and O–H groups in total. The van der Waals surface area contributed by atoms with Gasteiger partial charge in [-0.2, -0.15) is 8.78 Å². The van der Waals surface area contributed by atoms with Crippen LogP contribution in [0.3, 0.4) is 0 Å². The van der Waals surface area contributed by atoms with Crippen molar-refractivity contribution in [1.29, 1.82) is 0 Å². The number of halogens is 5. The second-order valence-corrected chi connectivity index (χ2v) is 9.60. The van der Waals surface area contributed by atoms with Gasteiger partial charge in [-0.15, -0.1) is 0 Å². The lowest BCUT2D eigenvalue weighted by molar-refractivity contribution is -0.187. The van der Waals surface area contributed by atoms with Crippen LogP contribution in [0.1, 0.15) is 42.9 Å². The van der Waals surface area contributed by atoms with E-state index in [0.717, 1.165) is 38.2 Å². The molecule has 0 amide bonds. The van der Waals surface area contributed by atoms with Crippen molar-refractivity contribution in [2.24, 2.45) is 11.3 Å². The second-order valence-electron chi connectivity index (χ2n) is 9.60. The van der Waals surface area contributed by atoms with Crippen LogP contribution in [0.15, 0.2) is 48.6 Å². The quantitative estimate of drug-likeness (QED) is 0.315. The molecule has 1 unspecified atom stereocenters. The summed E-state index contributed by atoms with van der Waals surface area (Å²) in [5, 5.41) is 0. The molecule has 0 aromatic heterocycles. The fraction of sp³-hybridized carbons (Fsp3) is 0.429. The lowest BCUT2D eigenvalue weighted by Crippen LogP contribution is -2.46. The number of rotatable bonds is 10. The summed E-state index contributed by atoms with van der Waals surface area (Å²) < 4.78 is 87.1. The van der Waals surface area contributed by atoms with Crippen molar-refractivity contribution in [3.05, 3.63) is 82.7 Å². The number of hydrogen-bond acceptors (Lipinski definition) is 3. The van der Waals surface area contributed by atoms with Crippen molar-refractivity contribution in [2.45, 2.75) is 39.2 Å². The van der Waals surface area contributed by atoms with E-state index in [-0.39, 0.29) is 16.9 Å². The van der Waals surface area contributed by atoms with Crippen molar-refractivity contribution in [3.8, 4) is 5.75 Å². The van der Waals surface area contributed by atoms with Gasteiger partial charge in [0.15, 0.2) is 0 Å². The SMILES string of the molecule is CCCC1(COCC2C=CC(c3ccc(C(F)(F)Oc4cc(F)c(C)c(F)c4)c(F)c3)=CC2)COC1. The minimum Gasteiger partial charge on any atom is -0.429 e. The van der Waals surface area contributed by atoms with Crippen LogP contribution in [0, 0.1) is 35.7 Å². The molecule has 1 aliphatic heterocycles. The second kappa shape index (κ2) is 10.7. The highest BCUT2D eigenvalue weighted by Gasteiger charge is 2.39. The summed E-state index contributed by atoms with van der Waals surface area (Å²) in [7, 11) is 0. The molecule has 2 aliphatic rings. The third kappa shape index (κ3) is 5.81. The van der Waals surface area contributed by atoms with Crippen molar-refractivity contribution >= 4 is 5.57 Å². The summed E-state index contributed by atoms with van der Waals surface area (Å²) in [6.07, 6.45) is 4.42. The largest absolute Gasteiger partial charge is 0.429 e. The molecular formula is C28H29F5O3. The molecule has 3 nitrogen and oxygen atoms in total. The van der Waals surface area contributed by atoms with E-state index in [0.29, 0.717) is 42.9 Å². The lowest BCUT2D eigenvalue weighted by Gasteiger charge is -2.41. The molecule has 1 heterocycles. The molecule has 1 aliphatic carbocycles. The van der Waals surface area contributed by atoms with Crippen LogP contribution in [-0.2, 0) is 15.6 Å². The van der Waals surface area contributed by atoms with Gasteiger partial charge in [0.2, 0.25) is 0 Å². The third-order valence-electron chi connectivity index (χ3n) is 6.64. The molecule has 194 valence electrons. The van der Waals surface area contributed by atoms with E-state index >= 15 is 0 Å². The van der Waals surface area contributed by atoms with Gasteiger partial charge in [-0.1, -0.05) is 37.6 Å². The fourth-order valence-corrected chi connectivity index (χ4v) is 4.46. The zero-order chi connectivity index (χ0) is 25.9. The van der Waals surface area contributed by atoms with Crippen molar-refractivity contribution in [2.75, 3.05) is 26.4 Å². The molecule has 1 fully saturated rings. The molecular weight excluding hydrogens is 479 g/mol. The maximum atomic E-state index is 14.7. The first-order chi connectivity index (χ1) is 17.1. The number of ether oxygens (including phenoxy) is 3. The predicted molar refractivity (Wildman–Crippen MR) is 126 cm³/mol. The maximum absolute atomic E-state index is 14.7. The first kappa shape index (κ1) is 26.4. The van der Waals surface area contributed by atoms with Crippen LogP contribution in [0.4, 0.5) is 22.0 Å². The molecule has 2 aromatic carbocycles. The molecule has 1 saturated heterocycles. The van der Waals surface area contributed by atoms with E-state index in [1.165, 1.54) is 13.0 Å². The first-order valence-corrected chi connectivity index (χ1v) is 12.0. The van der Waals surface area contributed by atoms with Crippen molar-refractivity contribution in [3.63, 3.8) is 0 Å². The minimum atomic E-state index is -4.13. The summed E-state index contributed by atoms with van der Waals surface area (Å²) in [4.78, 5) is 0. The first-order valence-electron chi connectivity index (χ1n) is 12.0. The zero-order valence-corrected chi connectivity index (χ0v) is 20.3. The Morgan fingerprint density at radius 3 is 2.33 bits per heavy atom. The van der Waals surface area contributed by atoms with Gasteiger partial charge in [-0.05, 0) is 43.0 Å². The predicted octanol–water partition coefficient (Wildman–Crippen LogP) is 7.33. The smallest absolute Gasteiger partial charge is 0.429 e. The average molecular weight is 509 g/mol. The van der Waals surface area contributed by atoms with Crippen molar-refractivity contribution in [1.82, 2.24) is 0 Å². The standard InChI is InChI=1S/C28H29F5O3/c1-3-10-27(16-35-17-27)15-34-14-19-4-6-20(7-5-19)21-8-9-23(26(31)11-21)28(32,33)36-22-12-24(29)18(2)25(30)13-22/h4,6-9,11-13,19H,3,5,10,14-17H2,1-2H3. The Morgan fingerprint density at radius 2 is 1.78 bits per heavy atom. The molecule has 0 saturated carbocycles. The Balaban J connectivity index is 1.37. The highest BCUT2D eigenvalue weighted by molar-refractivity contribution is 5.75. The van der Waals surface area contributed by atoms with Gasteiger partial charge in [0.1, 0.15) is 23.2 Å². The van der Waals surface area contributed by atoms with Gasteiger partial charge in [0.05, 0.1) is 32.0 Å². The summed E-state index contributed by atoms with van der Waals surface area (Å²) in [5.74, 6) is -3.82. The van der Waals surface area contributed by atoms with Crippen LogP contribution in [0.25, 0.3) is 5.57 Å². The third-order valence-corrected chi connectivity index (χ3v) is 6.64. The normalized spacial score (nSPS) is 19.1. The van der Waals surface area contributed by atoms with E-state index in [1.54, 1.807) is 0 Å². The van der Waals surface area contributed by atoms with E-state index in [4.69, 9.17) is 9.47 Å². The molecule has 2 aromatic rings. The molecule has 36 heavy (non-hydrogen) atoms. The molecule has 0 spiro atoms. The van der Waals surface area contributed by atoms with Gasteiger partial charge >= 0.3 is 6.11 Å². The van der Waals surface area contributed by atoms with Gasteiger partial charge in [0.25, 0.3) is 0 Å². The monoisotopic (exact) mass is 508 g/mol.